The van der Waals surface area contributed by atoms with Crippen molar-refractivity contribution in [3.8, 4) is 22.6 Å². The summed E-state index contributed by atoms with van der Waals surface area (Å²) < 4.78 is 11.6. The molecule has 0 unspecified atom stereocenters. The fraction of sp³-hybridized carbons (Fsp3) is 0.290. The first-order chi connectivity index (χ1) is 17.0. The van der Waals surface area contributed by atoms with Crippen LogP contribution in [0.3, 0.4) is 0 Å². The third kappa shape index (κ3) is 6.41. The Hall–Kier alpha value is -3.34. The van der Waals surface area contributed by atoms with Gasteiger partial charge in [0.05, 0.1) is 13.7 Å². The van der Waals surface area contributed by atoms with Gasteiger partial charge in [0.1, 0.15) is 11.5 Å². The quantitative estimate of drug-likeness (QED) is 0.248. The Kier molecular flexibility index (Phi) is 8.40. The normalized spacial score (nSPS) is 12.1. The molecule has 4 nitrogen and oxygen atoms in total. The number of rotatable bonds is 11. The molecule has 0 bridgehead atoms. The summed E-state index contributed by atoms with van der Waals surface area (Å²) in [5.41, 5.74) is 4.77. The predicted molar refractivity (Wildman–Crippen MR) is 146 cm³/mol. The van der Waals surface area contributed by atoms with Crippen LogP contribution in [-0.4, -0.2) is 39.3 Å². The summed E-state index contributed by atoms with van der Waals surface area (Å²) in [7, 11) is 5.87. The molecule has 0 amide bonds. The van der Waals surface area contributed by atoms with Gasteiger partial charge in [-0.2, -0.15) is 0 Å². The number of fused-ring (bicyclic) bond motifs is 1. The SMILES string of the molecule is COc1ccc(-c2cc(CN[C@H](C)c3cccc4ccccc34)ccc2OCCCN(C)C)cc1. The van der Waals surface area contributed by atoms with Crippen molar-refractivity contribution in [2.24, 2.45) is 0 Å². The molecule has 35 heavy (non-hydrogen) atoms. The van der Waals surface area contributed by atoms with Gasteiger partial charge in [0, 0.05) is 24.7 Å². The molecular weight excluding hydrogens is 432 g/mol. The molecule has 4 rings (SSSR count). The summed E-state index contributed by atoms with van der Waals surface area (Å²) in [6.07, 6.45) is 0.987. The number of nitrogens with one attached hydrogen (secondary N) is 1. The van der Waals surface area contributed by atoms with E-state index in [2.05, 4.69) is 104 Å². The second kappa shape index (κ2) is 11.9. The van der Waals surface area contributed by atoms with Gasteiger partial charge in [0.2, 0.25) is 0 Å². The van der Waals surface area contributed by atoms with Crippen molar-refractivity contribution in [3.05, 3.63) is 96.1 Å². The standard InChI is InChI=1S/C31H36N2O2/c1-23(28-12-7-10-25-9-5-6-11-29(25)28)32-22-24-13-18-31(35-20-8-19-33(2)3)30(21-24)26-14-16-27(34-4)17-15-26/h5-7,9-18,21,23,32H,8,19-20,22H2,1-4H3/t23-/m1/s1. The molecule has 0 spiro atoms. The summed E-state index contributed by atoms with van der Waals surface area (Å²) in [5.74, 6) is 1.77. The van der Waals surface area contributed by atoms with Crippen LogP contribution in [0.25, 0.3) is 21.9 Å². The maximum atomic E-state index is 6.22. The van der Waals surface area contributed by atoms with Crippen LogP contribution in [0, 0.1) is 0 Å². The molecule has 0 heterocycles. The van der Waals surface area contributed by atoms with Crippen LogP contribution >= 0.6 is 0 Å². The van der Waals surface area contributed by atoms with Crippen molar-refractivity contribution in [2.75, 3.05) is 34.4 Å². The van der Waals surface area contributed by atoms with Gasteiger partial charge in [-0.25, -0.2) is 0 Å². The first-order valence-electron chi connectivity index (χ1n) is 12.3. The minimum atomic E-state index is 0.229. The van der Waals surface area contributed by atoms with Crippen LogP contribution in [0.5, 0.6) is 11.5 Å². The van der Waals surface area contributed by atoms with Crippen molar-refractivity contribution in [2.45, 2.75) is 25.9 Å². The van der Waals surface area contributed by atoms with Crippen LogP contribution < -0.4 is 14.8 Å². The Morgan fingerprint density at radius 2 is 1.66 bits per heavy atom. The fourth-order valence-electron chi connectivity index (χ4n) is 4.38. The van der Waals surface area contributed by atoms with Gasteiger partial charge in [-0.3, -0.25) is 0 Å². The highest BCUT2D eigenvalue weighted by atomic mass is 16.5. The minimum Gasteiger partial charge on any atom is -0.497 e. The maximum Gasteiger partial charge on any atom is 0.127 e. The molecule has 4 heteroatoms. The van der Waals surface area contributed by atoms with Crippen molar-refractivity contribution < 1.29 is 9.47 Å². The van der Waals surface area contributed by atoms with E-state index < -0.39 is 0 Å². The lowest BCUT2D eigenvalue weighted by atomic mass is 9.99. The number of ether oxygens (including phenoxy) is 2. The smallest absolute Gasteiger partial charge is 0.127 e. The predicted octanol–water partition coefficient (Wildman–Crippen LogP) is 6.70. The fourth-order valence-corrected chi connectivity index (χ4v) is 4.38. The van der Waals surface area contributed by atoms with Gasteiger partial charge in [0.15, 0.2) is 0 Å². The highest BCUT2D eigenvalue weighted by Crippen LogP contribution is 2.33. The Morgan fingerprint density at radius 1 is 0.886 bits per heavy atom. The number of hydrogen-bond donors (Lipinski definition) is 1. The first-order valence-corrected chi connectivity index (χ1v) is 12.3. The molecule has 0 aliphatic heterocycles. The third-order valence-corrected chi connectivity index (χ3v) is 6.35. The van der Waals surface area contributed by atoms with Crippen LogP contribution in [-0.2, 0) is 6.54 Å². The molecule has 0 saturated heterocycles. The van der Waals surface area contributed by atoms with E-state index in [-0.39, 0.29) is 6.04 Å². The van der Waals surface area contributed by atoms with Gasteiger partial charge in [-0.1, -0.05) is 60.7 Å². The second-order valence-electron chi connectivity index (χ2n) is 9.24. The van der Waals surface area contributed by atoms with Crippen molar-refractivity contribution in [3.63, 3.8) is 0 Å². The van der Waals surface area contributed by atoms with Crippen molar-refractivity contribution in [1.29, 1.82) is 0 Å². The first kappa shape index (κ1) is 24.8. The van der Waals surface area contributed by atoms with Gasteiger partial charge < -0.3 is 19.7 Å². The molecule has 182 valence electrons. The highest BCUT2D eigenvalue weighted by molar-refractivity contribution is 5.86. The van der Waals surface area contributed by atoms with E-state index in [0.717, 1.165) is 42.1 Å². The number of nitrogens with zero attached hydrogens (tertiary/aromatic N) is 1. The molecule has 0 saturated carbocycles. The van der Waals surface area contributed by atoms with Gasteiger partial charge >= 0.3 is 0 Å². The van der Waals surface area contributed by atoms with Crippen molar-refractivity contribution >= 4 is 10.8 Å². The minimum absolute atomic E-state index is 0.229. The van der Waals surface area contributed by atoms with E-state index in [9.17, 15) is 0 Å². The zero-order valence-electron chi connectivity index (χ0n) is 21.3. The summed E-state index contributed by atoms with van der Waals surface area (Å²) in [4.78, 5) is 2.18. The summed E-state index contributed by atoms with van der Waals surface area (Å²) >= 11 is 0. The topological polar surface area (TPSA) is 33.7 Å². The molecule has 4 aromatic rings. The van der Waals surface area contributed by atoms with E-state index in [4.69, 9.17) is 9.47 Å². The average molecular weight is 469 g/mol. The molecule has 4 aromatic carbocycles. The molecule has 0 aliphatic carbocycles. The molecule has 0 radical (unpaired) electrons. The van der Waals surface area contributed by atoms with Gasteiger partial charge in [-0.15, -0.1) is 0 Å². The van der Waals surface area contributed by atoms with E-state index >= 15 is 0 Å². The van der Waals surface area contributed by atoms with Crippen molar-refractivity contribution in [1.82, 2.24) is 10.2 Å². The Morgan fingerprint density at radius 3 is 2.43 bits per heavy atom. The molecule has 1 atom stereocenters. The van der Waals surface area contributed by atoms with E-state index in [1.165, 1.54) is 21.9 Å². The lowest BCUT2D eigenvalue weighted by Crippen LogP contribution is -2.18. The average Bonchev–Trinajstić information content (AvgIpc) is 2.89. The Balaban J connectivity index is 1.53. The lowest BCUT2D eigenvalue weighted by Gasteiger charge is -2.18. The van der Waals surface area contributed by atoms with Crippen LogP contribution in [0.15, 0.2) is 84.9 Å². The second-order valence-corrected chi connectivity index (χ2v) is 9.24. The number of hydrogen-bond acceptors (Lipinski definition) is 4. The molecular formula is C31H36N2O2. The summed E-state index contributed by atoms with van der Waals surface area (Å²) in [5, 5.41) is 6.30. The Bertz CT molecular complexity index is 1230. The summed E-state index contributed by atoms with van der Waals surface area (Å²) in [6, 6.07) is 30.0. The number of methoxy groups -OCH3 is 1. The van der Waals surface area contributed by atoms with E-state index in [0.29, 0.717) is 6.61 Å². The van der Waals surface area contributed by atoms with E-state index in [1.54, 1.807) is 7.11 Å². The summed E-state index contributed by atoms with van der Waals surface area (Å²) in [6.45, 7) is 4.70. The zero-order chi connectivity index (χ0) is 24.6. The molecule has 1 N–H and O–H groups in total. The molecule has 0 aliphatic rings. The molecule has 0 fully saturated rings. The molecule has 0 aromatic heterocycles. The van der Waals surface area contributed by atoms with Gasteiger partial charge in [-0.05, 0) is 79.2 Å². The van der Waals surface area contributed by atoms with Gasteiger partial charge in [0.25, 0.3) is 0 Å². The third-order valence-electron chi connectivity index (χ3n) is 6.35. The van der Waals surface area contributed by atoms with Crippen LogP contribution in [0.1, 0.15) is 30.5 Å². The largest absolute Gasteiger partial charge is 0.497 e. The zero-order valence-corrected chi connectivity index (χ0v) is 21.3. The Labute approximate surface area is 209 Å². The number of benzene rings is 4. The van der Waals surface area contributed by atoms with E-state index in [1.807, 2.05) is 12.1 Å². The van der Waals surface area contributed by atoms with Crippen LogP contribution in [0.4, 0.5) is 0 Å². The highest BCUT2D eigenvalue weighted by Gasteiger charge is 2.12. The van der Waals surface area contributed by atoms with Crippen LogP contribution in [0.2, 0.25) is 0 Å². The lowest BCUT2D eigenvalue weighted by molar-refractivity contribution is 0.282. The monoisotopic (exact) mass is 468 g/mol. The maximum absolute atomic E-state index is 6.22.